The van der Waals surface area contributed by atoms with E-state index in [1.165, 1.54) is 18.2 Å². The minimum atomic E-state index is -4.72. The molecule has 0 saturated heterocycles. The van der Waals surface area contributed by atoms with Gasteiger partial charge in [0, 0.05) is 18.8 Å². The monoisotopic (exact) mass is 610 g/mol. The molecule has 5 N–H and O–H groups in total. The maximum Gasteiger partial charge on any atom is 0.332 e. The summed E-state index contributed by atoms with van der Waals surface area (Å²) in [6, 6.07) is 15.2. The van der Waals surface area contributed by atoms with Crippen molar-refractivity contribution in [2.75, 3.05) is 4.31 Å². The normalized spacial score (nSPS) is 20.0. The number of fused-ring (bicyclic) bond motifs is 1. The van der Waals surface area contributed by atoms with E-state index >= 15 is 0 Å². The van der Waals surface area contributed by atoms with Crippen LogP contribution in [-0.4, -0.2) is 48.3 Å². The number of carboxylic acids is 1. The number of amides is 3. The average Bonchev–Trinajstić information content (AvgIpc) is 3.56. The van der Waals surface area contributed by atoms with Gasteiger partial charge in [0.2, 0.25) is 11.8 Å². The van der Waals surface area contributed by atoms with Crippen molar-refractivity contribution in [1.82, 2.24) is 10.0 Å². The third-order valence-corrected chi connectivity index (χ3v) is 9.42. The Kier molecular flexibility index (Phi) is 9.71. The molecule has 0 aromatic heterocycles. The van der Waals surface area contributed by atoms with Crippen molar-refractivity contribution in [3.05, 3.63) is 78.4 Å². The zero-order valence-corrected chi connectivity index (χ0v) is 24.8. The molecule has 3 amide bonds. The molecule has 2 atom stereocenters. The van der Waals surface area contributed by atoms with E-state index in [0.29, 0.717) is 36.4 Å². The summed E-state index contributed by atoms with van der Waals surface area (Å²) in [5.41, 5.74) is 5.56. The van der Waals surface area contributed by atoms with Gasteiger partial charge in [-0.25, -0.2) is 4.72 Å². The Morgan fingerprint density at radius 2 is 1.47 bits per heavy atom. The lowest BCUT2D eigenvalue weighted by Crippen LogP contribution is -2.62. The van der Waals surface area contributed by atoms with E-state index in [9.17, 15) is 27.6 Å². The Morgan fingerprint density at radius 3 is 2.02 bits per heavy atom. The first-order chi connectivity index (χ1) is 20.4. The second-order valence-electron chi connectivity index (χ2n) is 11.3. The lowest BCUT2D eigenvalue weighted by atomic mass is 9.95. The zero-order chi connectivity index (χ0) is 31.3. The SMILES string of the molecule is C=C[C@@H]1C[C@]1(NC(=O)C1(N)Cc2ccccc2C1)C(=O)NS(=O)(=O)N(C(=O)CCCCCCCC(=O)O)c1ccccc1. The van der Waals surface area contributed by atoms with Gasteiger partial charge in [0.15, 0.2) is 0 Å². The average molecular weight is 611 g/mol. The molecule has 11 nitrogen and oxygen atoms in total. The predicted octanol–water partition coefficient (Wildman–Crippen LogP) is 2.75. The molecule has 2 aromatic carbocycles. The summed E-state index contributed by atoms with van der Waals surface area (Å²) >= 11 is 0. The van der Waals surface area contributed by atoms with E-state index in [1.807, 2.05) is 29.0 Å². The summed E-state index contributed by atoms with van der Waals surface area (Å²) in [6.07, 6.45) is 5.06. The predicted molar refractivity (Wildman–Crippen MR) is 161 cm³/mol. The van der Waals surface area contributed by atoms with Crippen molar-refractivity contribution < 1.29 is 32.7 Å². The van der Waals surface area contributed by atoms with Crippen molar-refractivity contribution in [3.8, 4) is 0 Å². The largest absolute Gasteiger partial charge is 0.481 e. The fourth-order valence-corrected chi connectivity index (χ4v) is 6.85. The van der Waals surface area contributed by atoms with Gasteiger partial charge in [0.1, 0.15) is 11.1 Å². The number of benzene rings is 2. The van der Waals surface area contributed by atoms with Gasteiger partial charge < -0.3 is 16.2 Å². The molecule has 230 valence electrons. The molecule has 0 unspecified atom stereocenters. The van der Waals surface area contributed by atoms with Gasteiger partial charge in [-0.05, 0) is 55.4 Å². The number of hydrogen-bond donors (Lipinski definition) is 4. The summed E-state index contributed by atoms with van der Waals surface area (Å²) in [5.74, 6) is -3.66. The van der Waals surface area contributed by atoms with Crippen molar-refractivity contribution in [2.24, 2.45) is 11.7 Å². The Balaban J connectivity index is 1.45. The van der Waals surface area contributed by atoms with E-state index in [1.54, 1.807) is 18.2 Å². The molecule has 0 bridgehead atoms. The summed E-state index contributed by atoms with van der Waals surface area (Å²) < 4.78 is 29.8. The summed E-state index contributed by atoms with van der Waals surface area (Å²) in [5, 5.41) is 11.5. The topological polar surface area (TPSA) is 176 Å². The minimum absolute atomic E-state index is 0.0630. The minimum Gasteiger partial charge on any atom is -0.481 e. The Bertz CT molecular complexity index is 1470. The molecule has 0 radical (unpaired) electrons. The molecule has 1 fully saturated rings. The number of anilines is 1. The van der Waals surface area contributed by atoms with Crippen LogP contribution in [0.1, 0.15) is 62.5 Å². The van der Waals surface area contributed by atoms with Crippen LogP contribution >= 0.6 is 0 Å². The molecule has 0 spiro atoms. The van der Waals surface area contributed by atoms with Gasteiger partial charge >= 0.3 is 16.2 Å². The summed E-state index contributed by atoms with van der Waals surface area (Å²) in [7, 11) is -4.72. The second-order valence-corrected chi connectivity index (χ2v) is 12.9. The van der Waals surface area contributed by atoms with Gasteiger partial charge in [-0.3, -0.25) is 19.2 Å². The Morgan fingerprint density at radius 1 is 0.907 bits per heavy atom. The molecule has 0 heterocycles. The van der Waals surface area contributed by atoms with Crippen LogP contribution in [0.5, 0.6) is 0 Å². The first kappa shape index (κ1) is 31.9. The molecule has 2 aliphatic rings. The summed E-state index contributed by atoms with van der Waals surface area (Å²) in [4.78, 5) is 50.9. The molecule has 2 aliphatic carbocycles. The number of nitrogens with two attached hydrogens (primary N) is 1. The molecule has 43 heavy (non-hydrogen) atoms. The third kappa shape index (κ3) is 7.31. The van der Waals surface area contributed by atoms with Gasteiger partial charge in [-0.1, -0.05) is 67.8 Å². The fourth-order valence-electron chi connectivity index (χ4n) is 5.58. The Labute approximate surface area is 251 Å². The first-order valence-electron chi connectivity index (χ1n) is 14.4. The number of nitrogens with zero attached hydrogens (tertiary/aromatic N) is 1. The van der Waals surface area contributed by atoms with Crippen LogP contribution < -0.4 is 20.1 Å². The number of carbonyl (C=O) groups is 4. The van der Waals surface area contributed by atoms with Gasteiger partial charge in [0.05, 0.1) is 5.69 Å². The number of carboxylic acid groups (broad SMARTS) is 1. The van der Waals surface area contributed by atoms with Gasteiger partial charge in [-0.2, -0.15) is 12.7 Å². The molecule has 0 aliphatic heterocycles. The molecule has 4 rings (SSSR count). The van der Waals surface area contributed by atoms with Crippen LogP contribution in [0.25, 0.3) is 0 Å². The molecule has 1 saturated carbocycles. The maximum absolute atomic E-state index is 13.6. The van der Waals surface area contributed by atoms with Crippen LogP contribution in [0.4, 0.5) is 5.69 Å². The lowest BCUT2D eigenvalue weighted by Gasteiger charge is -2.28. The van der Waals surface area contributed by atoms with Crippen molar-refractivity contribution in [1.29, 1.82) is 0 Å². The number of aliphatic carboxylic acids is 1. The van der Waals surface area contributed by atoms with Crippen LogP contribution in [0.3, 0.4) is 0 Å². The number of nitrogens with one attached hydrogen (secondary N) is 2. The van der Waals surface area contributed by atoms with E-state index in [0.717, 1.165) is 11.1 Å². The third-order valence-electron chi connectivity index (χ3n) is 8.08. The highest BCUT2D eigenvalue weighted by Crippen LogP contribution is 2.45. The van der Waals surface area contributed by atoms with Crippen LogP contribution in [-0.2, 0) is 42.2 Å². The lowest BCUT2D eigenvalue weighted by molar-refractivity contribution is -0.137. The smallest absolute Gasteiger partial charge is 0.332 e. The van der Waals surface area contributed by atoms with Crippen LogP contribution in [0.2, 0.25) is 0 Å². The second kappa shape index (κ2) is 13.1. The van der Waals surface area contributed by atoms with E-state index in [4.69, 9.17) is 10.8 Å². The highest BCUT2D eigenvalue weighted by atomic mass is 32.2. The first-order valence-corrected chi connectivity index (χ1v) is 15.8. The Hall–Kier alpha value is -4.03. The number of carbonyl (C=O) groups excluding carboxylic acids is 3. The molecule has 2 aromatic rings. The highest BCUT2D eigenvalue weighted by molar-refractivity contribution is 7.92. The zero-order valence-electron chi connectivity index (χ0n) is 24.0. The van der Waals surface area contributed by atoms with Crippen molar-refractivity contribution in [2.45, 2.75) is 75.3 Å². The summed E-state index contributed by atoms with van der Waals surface area (Å²) in [6.45, 7) is 3.73. The quantitative estimate of drug-likeness (QED) is 0.176. The molecular formula is C31H38N4O7S. The highest BCUT2D eigenvalue weighted by Gasteiger charge is 2.62. The number of unbranched alkanes of at least 4 members (excludes halogenated alkanes) is 4. The van der Waals surface area contributed by atoms with Crippen molar-refractivity contribution in [3.63, 3.8) is 0 Å². The van der Waals surface area contributed by atoms with Crippen LogP contribution in [0, 0.1) is 5.92 Å². The van der Waals surface area contributed by atoms with E-state index in [-0.39, 0.29) is 37.8 Å². The number of para-hydroxylation sites is 1. The van der Waals surface area contributed by atoms with Gasteiger partial charge in [0.25, 0.3) is 5.91 Å². The van der Waals surface area contributed by atoms with E-state index < -0.39 is 50.9 Å². The molecule has 12 heteroatoms. The standard InChI is InChI=1S/C31H38N4O7S/c1-2-24-21-31(24,33-28(39)30(32)19-22-13-11-12-14-23(22)20-30)29(40)34-43(41,42)35(25-15-7-6-8-16-25)26(36)17-9-4-3-5-10-18-27(37)38/h2,6-8,11-16,24H,1,3-5,9-10,17-21,32H2,(H,33,39)(H,34,40)(H,37,38)/t24-,31-/m1/s1. The number of rotatable bonds is 15. The fraction of sp³-hybridized carbons (Fsp3) is 0.419. The van der Waals surface area contributed by atoms with E-state index in [2.05, 4.69) is 11.9 Å². The van der Waals surface area contributed by atoms with Crippen LogP contribution in [0.15, 0.2) is 67.3 Å². The molecular weight excluding hydrogens is 572 g/mol. The number of hydrogen-bond acceptors (Lipinski definition) is 7. The maximum atomic E-state index is 13.6. The van der Waals surface area contributed by atoms with Crippen molar-refractivity contribution >= 4 is 39.6 Å². The van der Waals surface area contributed by atoms with Gasteiger partial charge in [-0.15, -0.1) is 6.58 Å².